The predicted octanol–water partition coefficient (Wildman–Crippen LogP) is 1.90. The minimum atomic E-state index is -1.26. The van der Waals surface area contributed by atoms with Crippen molar-refractivity contribution in [1.29, 1.82) is 15.9 Å². The van der Waals surface area contributed by atoms with Crippen molar-refractivity contribution in [2.75, 3.05) is 5.32 Å². The molecule has 0 spiro atoms. The maximum Gasteiger partial charge on any atom is 0.320 e. The monoisotopic (exact) mass is 261 g/mol. The van der Waals surface area contributed by atoms with Crippen molar-refractivity contribution in [3.63, 3.8) is 0 Å². The average molecular weight is 262 g/mol. The van der Waals surface area contributed by atoms with Crippen molar-refractivity contribution in [3.8, 4) is 12.1 Å². The summed E-state index contributed by atoms with van der Waals surface area (Å²) in [7, 11) is 0. The number of hydrogen-bond donors (Lipinski definition) is 3. The van der Waals surface area contributed by atoms with Gasteiger partial charge in [0.1, 0.15) is 11.8 Å². The molecule has 0 unspecified atom stereocenters. The fraction of sp³-hybridized carbons (Fsp3) is 0.0909. The van der Waals surface area contributed by atoms with Crippen LogP contribution in [0.15, 0.2) is 24.3 Å². The second-order valence-corrected chi connectivity index (χ2v) is 3.63. The van der Waals surface area contributed by atoms with Crippen LogP contribution in [0.25, 0.3) is 0 Å². The highest BCUT2D eigenvalue weighted by atomic mass is 35.5. The quantitative estimate of drug-likeness (QED) is 0.722. The third-order valence-corrected chi connectivity index (χ3v) is 2.17. The summed E-state index contributed by atoms with van der Waals surface area (Å²) in [5.41, 5.74) is -0.0409. The van der Waals surface area contributed by atoms with E-state index in [4.69, 9.17) is 27.5 Å². The Hall–Kier alpha value is -2.57. The van der Waals surface area contributed by atoms with Gasteiger partial charge in [-0.05, 0) is 24.3 Å². The fourth-order valence-electron chi connectivity index (χ4n) is 1.07. The summed E-state index contributed by atoms with van der Waals surface area (Å²) in [6.45, 7) is 0. The Morgan fingerprint density at radius 3 is 2.44 bits per heavy atom. The molecule has 0 saturated carbocycles. The molecule has 6 nitrogen and oxygen atoms in total. The number of nitrogens with zero attached hydrogens (tertiary/aromatic N) is 2. The van der Waals surface area contributed by atoms with Crippen molar-refractivity contribution in [3.05, 3.63) is 29.3 Å². The van der Waals surface area contributed by atoms with Crippen LogP contribution in [0.3, 0.4) is 0 Å². The van der Waals surface area contributed by atoms with Gasteiger partial charge < -0.3 is 10.6 Å². The van der Waals surface area contributed by atoms with Gasteiger partial charge in [0.2, 0.25) is 0 Å². The van der Waals surface area contributed by atoms with Gasteiger partial charge in [-0.1, -0.05) is 11.6 Å². The Bertz CT molecular complexity index is 540. The number of nitrogens with one attached hydrogen (secondary N) is 3. The van der Waals surface area contributed by atoms with Crippen molar-refractivity contribution in [2.45, 2.75) is 6.04 Å². The van der Waals surface area contributed by atoms with Gasteiger partial charge in [0.05, 0.1) is 6.07 Å². The van der Waals surface area contributed by atoms with E-state index >= 15 is 0 Å². The van der Waals surface area contributed by atoms with Gasteiger partial charge >= 0.3 is 6.03 Å². The molecule has 0 aliphatic heterocycles. The van der Waals surface area contributed by atoms with Crippen LogP contribution in [-0.2, 0) is 0 Å². The lowest BCUT2D eigenvalue weighted by Gasteiger charge is -2.10. The highest BCUT2D eigenvalue weighted by Gasteiger charge is 2.16. The third kappa shape index (κ3) is 3.78. The van der Waals surface area contributed by atoms with E-state index in [1.54, 1.807) is 30.3 Å². The zero-order chi connectivity index (χ0) is 13.5. The van der Waals surface area contributed by atoms with Crippen LogP contribution in [-0.4, -0.2) is 17.8 Å². The highest BCUT2D eigenvalue weighted by Crippen LogP contribution is 2.13. The Morgan fingerprint density at radius 2 is 1.94 bits per heavy atom. The number of amides is 2. The van der Waals surface area contributed by atoms with Crippen LogP contribution < -0.4 is 10.6 Å². The molecule has 0 aromatic heterocycles. The summed E-state index contributed by atoms with van der Waals surface area (Å²) in [5, 5.41) is 29.5. The number of nitriles is 2. The molecule has 0 heterocycles. The molecule has 18 heavy (non-hydrogen) atoms. The standard InChI is InChI=1S/C11H8ClN5O/c12-7-1-3-8(4-2-7)16-11(18)17-10(6-14)9(15)5-13/h1-4,10,15H,(H2,16,17,18)/t10-/m1/s1. The van der Waals surface area contributed by atoms with E-state index in [9.17, 15) is 4.79 Å². The lowest BCUT2D eigenvalue weighted by Crippen LogP contribution is -2.41. The molecule has 90 valence electrons. The topological polar surface area (TPSA) is 113 Å². The van der Waals surface area contributed by atoms with Crippen LogP contribution in [0.2, 0.25) is 5.02 Å². The van der Waals surface area contributed by atoms with E-state index in [2.05, 4.69) is 10.6 Å². The number of halogens is 1. The van der Waals surface area contributed by atoms with Crippen LogP contribution in [0.4, 0.5) is 10.5 Å². The lowest BCUT2D eigenvalue weighted by molar-refractivity contribution is 0.252. The maximum absolute atomic E-state index is 11.5. The van der Waals surface area contributed by atoms with Gasteiger partial charge in [-0.15, -0.1) is 0 Å². The predicted molar refractivity (Wildman–Crippen MR) is 66.3 cm³/mol. The molecule has 0 radical (unpaired) electrons. The SMILES string of the molecule is N#CC(=N)[C@@H](C#N)NC(=O)Nc1ccc(Cl)cc1. The molecule has 1 atom stereocenters. The van der Waals surface area contributed by atoms with Gasteiger partial charge in [-0.25, -0.2) is 4.79 Å². The van der Waals surface area contributed by atoms with Crippen molar-refractivity contribution < 1.29 is 4.79 Å². The van der Waals surface area contributed by atoms with Crippen molar-refractivity contribution >= 4 is 29.0 Å². The number of carbonyl (C=O) groups is 1. The molecule has 2 amide bonds. The van der Waals surface area contributed by atoms with Gasteiger partial charge in [0.25, 0.3) is 0 Å². The van der Waals surface area contributed by atoms with Gasteiger partial charge in [-0.3, -0.25) is 5.41 Å². The smallest absolute Gasteiger partial charge is 0.316 e. The number of rotatable bonds is 3. The second kappa shape index (κ2) is 6.24. The maximum atomic E-state index is 11.5. The van der Waals surface area contributed by atoms with E-state index in [0.29, 0.717) is 10.7 Å². The first kappa shape index (κ1) is 13.5. The molecule has 0 fully saturated rings. The molecular formula is C11H8ClN5O. The normalized spacial score (nSPS) is 10.6. The number of carbonyl (C=O) groups excluding carboxylic acids is 1. The first-order valence-electron chi connectivity index (χ1n) is 4.78. The summed E-state index contributed by atoms with van der Waals surface area (Å²) in [6.07, 6.45) is 0. The number of anilines is 1. The minimum Gasteiger partial charge on any atom is -0.316 e. The van der Waals surface area contributed by atoms with E-state index in [-0.39, 0.29) is 0 Å². The Kier molecular flexibility index (Phi) is 4.67. The number of hydrogen-bond acceptors (Lipinski definition) is 4. The van der Waals surface area contributed by atoms with Crippen molar-refractivity contribution in [2.24, 2.45) is 0 Å². The summed E-state index contributed by atoms with van der Waals surface area (Å²) in [4.78, 5) is 11.5. The Balaban J connectivity index is 2.62. The molecular weight excluding hydrogens is 254 g/mol. The molecule has 3 N–H and O–H groups in total. The van der Waals surface area contributed by atoms with Crippen LogP contribution in [0.5, 0.6) is 0 Å². The molecule has 0 aliphatic carbocycles. The van der Waals surface area contributed by atoms with Crippen LogP contribution in [0, 0.1) is 28.1 Å². The summed E-state index contributed by atoms with van der Waals surface area (Å²) in [5.74, 6) is 0. The minimum absolute atomic E-state index is 0.483. The van der Waals surface area contributed by atoms with Crippen LogP contribution in [0.1, 0.15) is 0 Å². The lowest BCUT2D eigenvalue weighted by atomic mass is 10.2. The molecule has 1 aromatic rings. The number of benzene rings is 1. The Morgan fingerprint density at radius 1 is 1.33 bits per heavy atom. The van der Waals surface area contributed by atoms with Gasteiger partial charge in [-0.2, -0.15) is 10.5 Å². The van der Waals surface area contributed by atoms with E-state index < -0.39 is 17.8 Å². The van der Waals surface area contributed by atoms with Crippen molar-refractivity contribution in [1.82, 2.24) is 5.32 Å². The second-order valence-electron chi connectivity index (χ2n) is 3.19. The Labute approximate surface area is 108 Å². The molecule has 0 saturated heterocycles. The van der Waals surface area contributed by atoms with Gasteiger partial charge in [0.15, 0.2) is 6.04 Å². The van der Waals surface area contributed by atoms with E-state index in [1.807, 2.05) is 0 Å². The van der Waals surface area contributed by atoms with E-state index in [0.717, 1.165) is 0 Å². The third-order valence-electron chi connectivity index (χ3n) is 1.92. The van der Waals surface area contributed by atoms with E-state index in [1.165, 1.54) is 6.07 Å². The highest BCUT2D eigenvalue weighted by molar-refractivity contribution is 6.30. The van der Waals surface area contributed by atoms with Gasteiger partial charge in [0, 0.05) is 10.7 Å². The molecule has 0 aliphatic rings. The molecule has 1 rings (SSSR count). The zero-order valence-corrected chi connectivity index (χ0v) is 9.82. The summed E-state index contributed by atoms with van der Waals surface area (Å²) in [6, 6.07) is 7.54. The van der Waals surface area contributed by atoms with Crippen LogP contribution >= 0.6 is 11.6 Å². The summed E-state index contributed by atoms with van der Waals surface area (Å²) >= 11 is 5.68. The first-order chi connectivity index (χ1) is 8.56. The summed E-state index contributed by atoms with van der Waals surface area (Å²) < 4.78 is 0. The largest absolute Gasteiger partial charge is 0.320 e. The molecule has 0 bridgehead atoms. The number of urea groups is 1. The fourth-order valence-corrected chi connectivity index (χ4v) is 1.19. The molecule has 1 aromatic carbocycles. The average Bonchev–Trinajstić information content (AvgIpc) is 2.37. The first-order valence-corrected chi connectivity index (χ1v) is 5.16. The molecule has 7 heteroatoms. The zero-order valence-electron chi connectivity index (χ0n) is 9.07.